The Morgan fingerprint density at radius 2 is 1.39 bits per heavy atom. The summed E-state index contributed by atoms with van der Waals surface area (Å²) in [5.74, 6) is 0.282. The number of benzene rings is 4. The van der Waals surface area contributed by atoms with Gasteiger partial charge in [0.25, 0.3) is 11.8 Å². The molecule has 2 amide bonds. The monoisotopic (exact) mass is 410 g/mol. The molecule has 0 atom stereocenters. The highest BCUT2D eigenvalue weighted by atomic mass is 16.5. The van der Waals surface area contributed by atoms with E-state index in [0.717, 1.165) is 16.5 Å². The van der Waals surface area contributed by atoms with E-state index in [-0.39, 0.29) is 11.8 Å². The van der Waals surface area contributed by atoms with Gasteiger partial charge in [0.1, 0.15) is 5.75 Å². The van der Waals surface area contributed by atoms with Crippen LogP contribution < -0.4 is 15.4 Å². The molecule has 0 radical (unpaired) electrons. The molecule has 31 heavy (non-hydrogen) atoms. The van der Waals surface area contributed by atoms with Crippen LogP contribution in [0, 0.1) is 0 Å². The summed E-state index contributed by atoms with van der Waals surface area (Å²) in [6.45, 7) is 2.48. The summed E-state index contributed by atoms with van der Waals surface area (Å²) in [6.07, 6.45) is 0. The predicted molar refractivity (Wildman–Crippen MR) is 124 cm³/mol. The second-order valence-electron chi connectivity index (χ2n) is 6.97. The Morgan fingerprint density at radius 1 is 0.742 bits per heavy atom. The highest BCUT2D eigenvalue weighted by Gasteiger charge is 2.11. The predicted octanol–water partition coefficient (Wildman–Crippen LogP) is 5.74. The van der Waals surface area contributed by atoms with Gasteiger partial charge in [0.05, 0.1) is 6.61 Å². The molecule has 0 aromatic heterocycles. The average Bonchev–Trinajstić information content (AvgIpc) is 2.79. The van der Waals surface area contributed by atoms with Crippen LogP contribution in [0.5, 0.6) is 5.75 Å². The third-order valence-corrected chi connectivity index (χ3v) is 4.84. The fraction of sp³-hybridized carbons (Fsp3) is 0.0769. The first-order valence-electron chi connectivity index (χ1n) is 10.1. The van der Waals surface area contributed by atoms with Gasteiger partial charge in [-0.25, -0.2) is 0 Å². The topological polar surface area (TPSA) is 67.4 Å². The van der Waals surface area contributed by atoms with Crippen molar-refractivity contribution >= 4 is 34.0 Å². The average molecular weight is 410 g/mol. The van der Waals surface area contributed by atoms with Crippen molar-refractivity contribution in [2.75, 3.05) is 17.2 Å². The molecule has 0 aliphatic rings. The smallest absolute Gasteiger partial charge is 0.256 e. The van der Waals surface area contributed by atoms with Gasteiger partial charge >= 0.3 is 0 Å². The maximum Gasteiger partial charge on any atom is 0.256 e. The SMILES string of the molecule is CCOc1ccc(C(=O)Nc2cccc(NC(=O)c3cccc4ccccc34)c2)cc1. The minimum atomic E-state index is -0.236. The van der Waals surface area contributed by atoms with Crippen molar-refractivity contribution in [3.8, 4) is 5.75 Å². The summed E-state index contributed by atoms with van der Waals surface area (Å²) in [5.41, 5.74) is 2.31. The Bertz CT molecular complexity index is 1230. The molecule has 4 aromatic rings. The molecular weight excluding hydrogens is 388 g/mol. The molecule has 0 unspecified atom stereocenters. The van der Waals surface area contributed by atoms with Crippen molar-refractivity contribution in [1.82, 2.24) is 0 Å². The number of nitrogens with one attached hydrogen (secondary N) is 2. The maximum atomic E-state index is 12.9. The van der Waals surface area contributed by atoms with Crippen LogP contribution in [-0.2, 0) is 0 Å². The molecule has 0 spiro atoms. The zero-order chi connectivity index (χ0) is 21.6. The van der Waals surface area contributed by atoms with Gasteiger partial charge in [-0.3, -0.25) is 9.59 Å². The number of rotatable bonds is 6. The first kappa shape index (κ1) is 20.2. The number of carbonyl (C=O) groups excluding carboxylic acids is 2. The number of amides is 2. The van der Waals surface area contributed by atoms with Crippen LogP contribution in [0.25, 0.3) is 10.8 Å². The largest absolute Gasteiger partial charge is 0.494 e. The molecule has 2 N–H and O–H groups in total. The van der Waals surface area contributed by atoms with Crippen LogP contribution in [0.3, 0.4) is 0 Å². The van der Waals surface area contributed by atoms with Crippen molar-refractivity contribution in [2.45, 2.75) is 6.92 Å². The van der Waals surface area contributed by atoms with Gasteiger partial charge in [0, 0.05) is 22.5 Å². The minimum absolute atomic E-state index is 0.202. The summed E-state index contributed by atoms with van der Waals surface area (Å²) in [4.78, 5) is 25.4. The first-order chi connectivity index (χ1) is 15.1. The molecule has 0 bridgehead atoms. The van der Waals surface area contributed by atoms with Crippen molar-refractivity contribution in [3.05, 3.63) is 102 Å². The maximum absolute atomic E-state index is 12.9. The van der Waals surface area contributed by atoms with Crippen LogP contribution in [0.15, 0.2) is 91.0 Å². The second-order valence-corrected chi connectivity index (χ2v) is 6.97. The van der Waals surface area contributed by atoms with Crippen LogP contribution in [-0.4, -0.2) is 18.4 Å². The number of hydrogen-bond donors (Lipinski definition) is 2. The number of ether oxygens (including phenoxy) is 1. The zero-order valence-corrected chi connectivity index (χ0v) is 17.1. The Labute approximate surface area is 180 Å². The van der Waals surface area contributed by atoms with Gasteiger partial charge in [-0.05, 0) is 66.2 Å². The van der Waals surface area contributed by atoms with Gasteiger partial charge in [0.15, 0.2) is 0 Å². The molecule has 0 saturated heterocycles. The highest BCUT2D eigenvalue weighted by molar-refractivity contribution is 6.13. The van der Waals surface area contributed by atoms with Crippen molar-refractivity contribution in [1.29, 1.82) is 0 Å². The number of fused-ring (bicyclic) bond motifs is 1. The van der Waals surface area contributed by atoms with Gasteiger partial charge < -0.3 is 15.4 Å². The van der Waals surface area contributed by atoms with E-state index in [1.54, 1.807) is 54.6 Å². The second kappa shape index (κ2) is 9.13. The van der Waals surface area contributed by atoms with Crippen LogP contribution in [0.2, 0.25) is 0 Å². The van der Waals surface area contributed by atoms with Crippen LogP contribution >= 0.6 is 0 Å². The van der Waals surface area contributed by atoms with Crippen LogP contribution in [0.4, 0.5) is 11.4 Å². The third kappa shape index (κ3) is 4.73. The van der Waals surface area contributed by atoms with Crippen LogP contribution in [0.1, 0.15) is 27.6 Å². The van der Waals surface area contributed by atoms with E-state index < -0.39 is 0 Å². The number of anilines is 2. The Balaban J connectivity index is 1.48. The van der Waals surface area contributed by atoms with Gasteiger partial charge in [-0.15, -0.1) is 0 Å². The standard InChI is InChI=1S/C26H22N2O3/c1-2-31-22-15-13-19(14-16-22)25(29)27-20-9-6-10-21(17-20)28-26(30)24-12-5-8-18-7-3-4-11-23(18)24/h3-17H,2H2,1H3,(H,27,29)(H,28,30). The molecular formula is C26H22N2O3. The lowest BCUT2D eigenvalue weighted by atomic mass is 10.0. The lowest BCUT2D eigenvalue weighted by Crippen LogP contribution is -2.14. The molecule has 0 saturated carbocycles. The highest BCUT2D eigenvalue weighted by Crippen LogP contribution is 2.22. The normalized spacial score (nSPS) is 10.5. The molecule has 0 heterocycles. The number of hydrogen-bond acceptors (Lipinski definition) is 3. The summed E-state index contributed by atoms with van der Waals surface area (Å²) in [5, 5.41) is 7.68. The summed E-state index contributed by atoms with van der Waals surface area (Å²) in [6, 6.07) is 27.4. The summed E-state index contributed by atoms with van der Waals surface area (Å²) in [7, 11) is 0. The Morgan fingerprint density at radius 3 is 2.13 bits per heavy atom. The van der Waals surface area contributed by atoms with E-state index in [1.807, 2.05) is 43.3 Å². The molecule has 4 aromatic carbocycles. The molecule has 154 valence electrons. The van der Waals surface area contributed by atoms with Crippen molar-refractivity contribution < 1.29 is 14.3 Å². The Hall–Kier alpha value is -4.12. The van der Waals surface area contributed by atoms with Gasteiger partial charge in [-0.2, -0.15) is 0 Å². The molecule has 0 fully saturated rings. The van der Waals surface area contributed by atoms with E-state index in [2.05, 4.69) is 10.6 Å². The minimum Gasteiger partial charge on any atom is -0.494 e. The summed E-state index contributed by atoms with van der Waals surface area (Å²) >= 11 is 0. The molecule has 0 aliphatic carbocycles. The quantitative estimate of drug-likeness (QED) is 0.426. The molecule has 4 rings (SSSR count). The third-order valence-electron chi connectivity index (χ3n) is 4.84. The molecule has 5 nitrogen and oxygen atoms in total. The lowest BCUT2D eigenvalue weighted by molar-refractivity contribution is 0.102. The van der Waals surface area contributed by atoms with Crippen molar-refractivity contribution in [2.24, 2.45) is 0 Å². The fourth-order valence-electron chi connectivity index (χ4n) is 3.37. The van der Waals surface area contributed by atoms with E-state index in [9.17, 15) is 9.59 Å². The molecule has 0 aliphatic heterocycles. The first-order valence-corrected chi connectivity index (χ1v) is 10.1. The summed E-state index contributed by atoms with van der Waals surface area (Å²) < 4.78 is 5.40. The number of carbonyl (C=O) groups is 2. The zero-order valence-electron chi connectivity index (χ0n) is 17.1. The van der Waals surface area contributed by atoms with E-state index in [1.165, 1.54) is 0 Å². The van der Waals surface area contributed by atoms with Gasteiger partial charge in [0.2, 0.25) is 0 Å². The van der Waals surface area contributed by atoms with Gasteiger partial charge in [-0.1, -0.05) is 42.5 Å². The van der Waals surface area contributed by atoms with E-state index in [4.69, 9.17) is 4.74 Å². The molecule has 5 heteroatoms. The fourth-order valence-corrected chi connectivity index (χ4v) is 3.37. The Kier molecular flexibility index (Phi) is 5.94. The van der Waals surface area contributed by atoms with Crippen molar-refractivity contribution in [3.63, 3.8) is 0 Å². The van der Waals surface area contributed by atoms with E-state index >= 15 is 0 Å². The lowest BCUT2D eigenvalue weighted by Gasteiger charge is -2.11. The van der Waals surface area contributed by atoms with E-state index in [0.29, 0.717) is 29.1 Å².